The summed E-state index contributed by atoms with van der Waals surface area (Å²) >= 11 is 0. The highest BCUT2D eigenvalue weighted by atomic mass is 14.8. The quantitative estimate of drug-likeness (QED) is 0.233. The number of benzene rings is 6. The van der Waals surface area contributed by atoms with Gasteiger partial charge in [0.1, 0.15) is 6.33 Å². The SMILES string of the molecule is c1ccc(-c2cc(-c3ccc4c(-c5ccccc5)c5ccccc5c(-c5ccccc5)c4c3)ncn2)cc1. The summed E-state index contributed by atoms with van der Waals surface area (Å²) in [5.74, 6) is 0. The summed E-state index contributed by atoms with van der Waals surface area (Å²) in [5, 5.41) is 4.95. The molecule has 0 aliphatic carbocycles. The molecule has 0 saturated heterocycles. The lowest BCUT2D eigenvalue weighted by Gasteiger charge is -2.18. The van der Waals surface area contributed by atoms with E-state index in [-0.39, 0.29) is 0 Å². The summed E-state index contributed by atoms with van der Waals surface area (Å²) in [7, 11) is 0. The lowest BCUT2D eigenvalue weighted by molar-refractivity contribution is 1.18. The number of rotatable bonds is 4. The zero-order valence-electron chi connectivity index (χ0n) is 20.8. The van der Waals surface area contributed by atoms with Gasteiger partial charge in [-0.3, -0.25) is 0 Å². The monoisotopic (exact) mass is 484 g/mol. The molecule has 0 fully saturated rings. The molecule has 0 aliphatic heterocycles. The van der Waals surface area contributed by atoms with Gasteiger partial charge in [0.05, 0.1) is 11.4 Å². The number of hydrogen-bond donors (Lipinski definition) is 0. The fourth-order valence-electron chi connectivity index (χ4n) is 5.45. The fourth-order valence-corrected chi connectivity index (χ4v) is 5.45. The predicted molar refractivity (Wildman–Crippen MR) is 159 cm³/mol. The fraction of sp³-hybridized carbons (Fsp3) is 0. The van der Waals surface area contributed by atoms with Gasteiger partial charge in [-0.15, -0.1) is 0 Å². The number of aromatic nitrogens is 2. The van der Waals surface area contributed by atoms with Gasteiger partial charge in [0.15, 0.2) is 0 Å². The second-order valence-electron chi connectivity index (χ2n) is 9.44. The van der Waals surface area contributed by atoms with Crippen molar-refractivity contribution in [2.45, 2.75) is 0 Å². The summed E-state index contributed by atoms with van der Waals surface area (Å²) in [6.45, 7) is 0. The molecule has 1 heterocycles. The van der Waals surface area contributed by atoms with Crippen molar-refractivity contribution in [3.63, 3.8) is 0 Å². The number of fused-ring (bicyclic) bond motifs is 2. The third kappa shape index (κ3) is 3.84. The molecular formula is C36H24N2. The topological polar surface area (TPSA) is 25.8 Å². The van der Waals surface area contributed by atoms with Crippen molar-refractivity contribution in [1.29, 1.82) is 0 Å². The van der Waals surface area contributed by atoms with Crippen LogP contribution in [0.3, 0.4) is 0 Å². The third-order valence-electron chi connectivity index (χ3n) is 7.18. The molecule has 1 aromatic heterocycles. The van der Waals surface area contributed by atoms with Crippen LogP contribution in [0.2, 0.25) is 0 Å². The van der Waals surface area contributed by atoms with Gasteiger partial charge >= 0.3 is 0 Å². The van der Waals surface area contributed by atoms with Crippen LogP contribution in [0.1, 0.15) is 0 Å². The first kappa shape index (κ1) is 22.1. The minimum atomic E-state index is 0.911. The van der Waals surface area contributed by atoms with Crippen LogP contribution in [0.5, 0.6) is 0 Å². The van der Waals surface area contributed by atoms with E-state index in [2.05, 4.69) is 131 Å². The molecule has 38 heavy (non-hydrogen) atoms. The largest absolute Gasteiger partial charge is 0.236 e. The molecule has 0 N–H and O–H groups in total. The standard InChI is InChI=1S/C36H24N2/c1-4-12-25(13-5-1)33-23-34(38-24-37-33)28-20-21-31-32(22-28)36(27-16-8-3-9-17-27)30-19-11-10-18-29(30)35(31)26-14-6-2-7-15-26/h1-24H. The van der Waals surface area contributed by atoms with E-state index in [1.165, 1.54) is 43.8 Å². The molecule has 0 bridgehead atoms. The van der Waals surface area contributed by atoms with Crippen LogP contribution < -0.4 is 0 Å². The molecule has 0 atom stereocenters. The summed E-state index contributed by atoms with van der Waals surface area (Å²) in [4.78, 5) is 9.22. The molecule has 0 saturated carbocycles. The van der Waals surface area contributed by atoms with Crippen molar-refractivity contribution in [1.82, 2.24) is 9.97 Å². The molecule has 6 aromatic carbocycles. The summed E-state index contributed by atoms with van der Waals surface area (Å²) in [6.07, 6.45) is 1.66. The summed E-state index contributed by atoms with van der Waals surface area (Å²) < 4.78 is 0. The highest BCUT2D eigenvalue weighted by Gasteiger charge is 2.17. The molecule has 7 aromatic rings. The summed E-state index contributed by atoms with van der Waals surface area (Å²) in [6, 6.07) is 49.3. The molecule has 0 radical (unpaired) electrons. The van der Waals surface area contributed by atoms with E-state index < -0.39 is 0 Å². The Kier molecular flexibility index (Phi) is 5.49. The van der Waals surface area contributed by atoms with Crippen LogP contribution >= 0.6 is 0 Å². The average Bonchev–Trinajstić information content (AvgIpc) is 3.01. The molecular weight excluding hydrogens is 460 g/mol. The normalized spacial score (nSPS) is 11.2. The molecule has 0 amide bonds. The van der Waals surface area contributed by atoms with E-state index in [4.69, 9.17) is 0 Å². The van der Waals surface area contributed by atoms with Gasteiger partial charge < -0.3 is 0 Å². The van der Waals surface area contributed by atoms with Crippen LogP contribution in [-0.4, -0.2) is 9.97 Å². The lowest BCUT2D eigenvalue weighted by Crippen LogP contribution is -1.93. The molecule has 7 rings (SSSR count). The van der Waals surface area contributed by atoms with E-state index in [0.717, 1.165) is 22.5 Å². The van der Waals surface area contributed by atoms with E-state index in [1.807, 2.05) is 18.2 Å². The highest BCUT2D eigenvalue weighted by Crippen LogP contribution is 2.44. The Morgan fingerprint density at radius 2 is 0.763 bits per heavy atom. The second kappa shape index (κ2) is 9.42. The molecule has 2 heteroatoms. The van der Waals surface area contributed by atoms with Gasteiger partial charge in [-0.25, -0.2) is 9.97 Å². The Morgan fingerprint density at radius 3 is 1.34 bits per heavy atom. The van der Waals surface area contributed by atoms with E-state index in [1.54, 1.807) is 6.33 Å². The Balaban J connectivity index is 1.55. The first-order valence-electron chi connectivity index (χ1n) is 12.8. The number of nitrogens with zero attached hydrogens (tertiary/aromatic N) is 2. The van der Waals surface area contributed by atoms with Crippen molar-refractivity contribution in [2.75, 3.05) is 0 Å². The maximum absolute atomic E-state index is 4.68. The van der Waals surface area contributed by atoms with Crippen LogP contribution in [-0.2, 0) is 0 Å². The Bertz CT molecular complexity index is 1890. The van der Waals surface area contributed by atoms with Crippen LogP contribution in [0.4, 0.5) is 0 Å². The van der Waals surface area contributed by atoms with Gasteiger partial charge in [0.2, 0.25) is 0 Å². The molecule has 0 unspecified atom stereocenters. The van der Waals surface area contributed by atoms with Crippen LogP contribution in [0.25, 0.3) is 66.3 Å². The smallest absolute Gasteiger partial charge is 0.116 e. The van der Waals surface area contributed by atoms with Crippen molar-refractivity contribution in [3.05, 3.63) is 146 Å². The Hall–Kier alpha value is -5.08. The second-order valence-corrected chi connectivity index (χ2v) is 9.44. The summed E-state index contributed by atoms with van der Waals surface area (Å²) in [5.41, 5.74) is 8.91. The van der Waals surface area contributed by atoms with Gasteiger partial charge in [0.25, 0.3) is 0 Å². The third-order valence-corrected chi connectivity index (χ3v) is 7.18. The predicted octanol–water partition coefficient (Wildman–Crippen LogP) is 9.45. The van der Waals surface area contributed by atoms with Crippen molar-refractivity contribution in [2.24, 2.45) is 0 Å². The maximum atomic E-state index is 4.68. The van der Waals surface area contributed by atoms with Gasteiger partial charge in [-0.2, -0.15) is 0 Å². The Morgan fingerprint density at radius 1 is 0.316 bits per heavy atom. The molecule has 0 spiro atoms. The molecule has 0 aliphatic rings. The van der Waals surface area contributed by atoms with Gasteiger partial charge in [-0.05, 0) is 55.9 Å². The number of hydrogen-bond acceptors (Lipinski definition) is 2. The minimum Gasteiger partial charge on any atom is -0.236 e. The molecule has 2 nitrogen and oxygen atoms in total. The lowest BCUT2D eigenvalue weighted by atomic mass is 9.85. The van der Waals surface area contributed by atoms with Gasteiger partial charge in [-0.1, -0.05) is 127 Å². The van der Waals surface area contributed by atoms with E-state index in [9.17, 15) is 0 Å². The highest BCUT2D eigenvalue weighted by molar-refractivity contribution is 6.21. The zero-order valence-corrected chi connectivity index (χ0v) is 20.8. The molecule has 178 valence electrons. The minimum absolute atomic E-state index is 0.911. The van der Waals surface area contributed by atoms with Crippen molar-refractivity contribution >= 4 is 21.5 Å². The maximum Gasteiger partial charge on any atom is 0.116 e. The van der Waals surface area contributed by atoms with E-state index >= 15 is 0 Å². The van der Waals surface area contributed by atoms with Crippen LogP contribution in [0.15, 0.2) is 146 Å². The van der Waals surface area contributed by atoms with Gasteiger partial charge in [0, 0.05) is 11.1 Å². The Labute approximate surface area is 221 Å². The zero-order chi connectivity index (χ0) is 25.3. The first-order valence-corrected chi connectivity index (χ1v) is 12.8. The van der Waals surface area contributed by atoms with Crippen LogP contribution in [0, 0.1) is 0 Å². The van der Waals surface area contributed by atoms with Crippen molar-refractivity contribution < 1.29 is 0 Å². The van der Waals surface area contributed by atoms with E-state index in [0.29, 0.717) is 0 Å². The average molecular weight is 485 g/mol. The van der Waals surface area contributed by atoms with Crippen molar-refractivity contribution in [3.8, 4) is 44.8 Å². The first-order chi connectivity index (χ1) is 18.9.